The number of carbonyl (C=O) groups is 2. The number of amides is 1. The monoisotopic (exact) mass is 326 g/mol. The maximum absolute atomic E-state index is 12.9. The minimum Gasteiger partial charge on any atom is -0.481 e. The van der Waals surface area contributed by atoms with E-state index in [1.54, 1.807) is 46.4 Å². The predicted molar refractivity (Wildman–Crippen MR) is 84.7 cm³/mol. The molecule has 1 unspecified atom stereocenters. The summed E-state index contributed by atoms with van der Waals surface area (Å²) < 4.78 is 1.58. The van der Waals surface area contributed by atoms with Gasteiger partial charge < -0.3 is 10.0 Å². The van der Waals surface area contributed by atoms with Crippen molar-refractivity contribution < 1.29 is 14.7 Å². The minimum absolute atomic E-state index is 0.0732. The molecule has 0 aromatic carbocycles. The normalized spacial score (nSPS) is 21.7. The van der Waals surface area contributed by atoms with E-state index in [0.29, 0.717) is 24.5 Å². The Labute approximate surface area is 138 Å². The summed E-state index contributed by atoms with van der Waals surface area (Å²) in [6.07, 6.45) is 7.30. The molecule has 1 N–H and O–H groups in total. The smallest absolute Gasteiger partial charge is 0.307 e. The molecule has 124 valence electrons. The fraction of sp³-hybridized carbons (Fsp3) is 0.412. The van der Waals surface area contributed by atoms with Gasteiger partial charge >= 0.3 is 5.97 Å². The van der Waals surface area contributed by atoms with E-state index in [4.69, 9.17) is 5.11 Å². The molecular formula is C17H18N4O3. The molecule has 1 amide bonds. The van der Waals surface area contributed by atoms with Gasteiger partial charge in [0.15, 0.2) is 5.82 Å². The molecule has 1 saturated heterocycles. The summed E-state index contributed by atoms with van der Waals surface area (Å²) in [5.41, 5.74) is 0.435. The molecule has 1 saturated carbocycles. The Kier molecular flexibility index (Phi) is 3.37. The van der Waals surface area contributed by atoms with Crippen LogP contribution in [0.25, 0.3) is 5.82 Å². The number of aromatic nitrogens is 3. The first-order valence-electron chi connectivity index (χ1n) is 8.08. The second kappa shape index (κ2) is 5.43. The fourth-order valence-corrected chi connectivity index (χ4v) is 3.72. The van der Waals surface area contributed by atoms with Crippen molar-refractivity contribution in [2.45, 2.75) is 19.3 Å². The molecule has 4 rings (SSSR count). The number of nitrogens with zero attached hydrogens (tertiary/aromatic N) is 4. The van der Waals surface area contributed by atoms with Crippen LogP contribution in [-0.4, -0.2) is 49.7 Å². The number of carboxylic acids is 1. The van der Waals surface area contributed by atoms with Crippen LogP contribution in [0.1, 0.15) is 29.6 Å². The Morgan fingerprint density at radius 1 is 1.21 bits per heavy atom. The minimum atomic E-state index is -0.706. The molecule has 24 heavy (non-hydrogen) atoms. The summed E-state index contributed by atoms with van der Waals surface area (Å²) >= 11 is 0. The topological polar surface area (TPSA) is 88.3 Å². The molecule has 1 spiro atoms. The fourth-order valence-electron chi connectivity index (χ4n) is 3.72. The highest BCUT2D eigenvalue weighted by Crippen LogP contribution is 2.59. The highest BCUT2D eigenvalue weighted by molar-refractivity contribution is 5.97. The van der Waals surface area contributed by atoms with E-state index in [0.717, 1.165) is 19.3 Å². The van der Waals surface area contributed by atoms with Gasteiger partial charge in [-0.15, -0.1) is 0 Å². The van der Waals surface area contributed by atoms with Crippen molar-refractivity contribution >= 4 is 11.9 Å². The van der Waals surface area contributed by atoms with Crippen LogP contribution in [0.4, 0.5) is 0 Å². The van der Waals surface area contributed by atoms with Gasteiger partial charge in [0, 0.05) is 31.7 Å². The lowest BCUT2D eigenvalue weighted by Crippen LogP contribution is -2.40. The van der Waals surface area contributed by atoms with Gasteiger partial charge in [-0.2, -0.15) is 5.10 Å². The Hall–Kier alpha value is -2.70. The number of aliphatic carboxylic acids is 1. The summed E-state index contributed by atoms with van der Waals surface area (Å²) in [7, 11) is 0. The van der Waals surface area contributed by atoms with Crippen molar-refractivity contribution in [2.24, 2.45) is 11.3 Å². The SMILES string of the molecule is O=C(O)C1CC12CCN(C(=O)c1cccnc1-n1cccn1)CC2. The zero-order valence-electron chi connectivity index (χ0n) is 13.1. The molecule has 0 radical (unpaired) electrons. The number of rotatable bonds is 3. The van der Waals surface area contributed by atoms with E-state index < -0.39 is 5.97 Å². The average Bonchev–Trinajstić information content (AvgIpc) is 3.05. The summed E-state index contributed by atoms with van der Waals surface area (Å²) in [5, 5.41) is 13.3. The second-order valence-electron chi connectivity index (χ2n) is 6.57. The van der Waals surface area contributed by atoms with E-state index >= 15 is 0 Å². The first kappa shape index (κ1) is 14.9. The van der Waals surface area contributed by atoms with Gasteiger partial charge in [0.25, 0.3) is 5.91 Å². The zero-order chi connectivity index (χ0) is 16.7. The number of piperidine rings is 1. The van der Waals surface area contributed by atoms with Crippen molar-refractivity contribution in [1.29, 1.82) is 0 Å². The molecule has 0 bridgehead atoms. The third-order valence-corrected chi connectivity index (χ3v) is 5.27. The van der Waals surface area contributed by atoms with Crippen LogP contribution in [0.3, 0.4) is 0 Å². The van der Waals surface area contributed by atoms with Gasteiger partial charge in [0.2, 0.25) is 0 Å². The van der Waals surface area contributed by atoms with Crippen LogP contribution in [-0.2, 0) is 4.79 Å². The number of likely N-dealkylation sites (tertiary alicyclic amines) is 1. The second-order valence-corrected chi connectivity index (χ2v) is 6.57. The molecule has 1 atom stereocenters. The molecule has 1 aliphatic carbocycles. The number of hydrogen-bond acceptors (Lipinski definition) is 4. The summed E-state index contributed by atoms with van der Waals surface area (Å²) in [4.78, 5) is 30.1. The van der Waals surface area contributed by atoms with Crippen LogP contribution < -0.4 is 0 Å². The number of hydrogen-bond donors (Lipinski definition) is 1. The summed E-state index contributed by atoms with van der Waals surface area (Å²) in [5.74, 6) is -0.491. The lowest BCUT2D eigenvalue weighted by atomic mass is 9.90. The third kappa shape index (κ3) is 2.36. The van der Waals surface area contributed by atoms with Gasteiger partial charge in [0.05, 0.1) is 11.5 Å². The standard InChI is InChI=1S/C17H18N4O3/c22-15(12-3-1-6-18-14(12)21-8-2-7-19-21)20-9-4-17(5-10-20)11-13(17)16(23)24/h1-3,6-8,13H,4-5,9-11H2,(H,23,24). The Balaban J connectivity index is 1.51. The van der Waals surface area contributed by atoms with Crippen molar-refractivity contribution in [2.75, 3.05) is 13.1 Å². The Morgan fingerprint density at radius 3 is 2.62 bits per heavy atom. The molecule has 7 nitrogen and oxygen atoms in total. The largest absolute Gasteiger partial charge is 0.481 e. The zero-order valence-corrected chi connectivity index (χ0v) is 13.1. The summed E-state index contributed by atoms with van der Waals surface area (Å²) in [6, 6.07) is 5.29. The van der Waals surface area contributed by atoms with Crippen LogP contribution in [0.2, 0.25) is 0 Å². The molecular weight excluding hydrogens is 308 g/mol. The van der Waals surface area contributed by atoms with Crippen LogP contribution in [0, 0.1) is 11.3 Å². The van der Waals surface area contributed by atoms with E-state index in [2.05, 4.69) is 10.1 Å². The molecule has 2 aromatic rings. The van der Waals surface area contributed by atoms with Crippen LogP contribution in [0.5, 0.6) is 0 Å². The predicted octanol–water partition coefficient (Wildman–Crippen LogP) is 1.59. The lowest BCUT2D eigenvalue weighted by Gasteiger charge is -2.32. The molecule has 7 heteroatoms. The van der Waals surface area contributed by atoms with Crippen molar-refractivity contribution in [3.05, 3.63) is 42.4 Å². The lowest BCUT2D eigenvalue weighted by molar-refractivity contribution is -0.139. The molecule has 2 fully saturated rings. The highest BCUT2D eigenvalue weighted by atomic mass is 16.4. The van der Waals surface area contributed by atoms with Gasteiger partial charge in [0.1, 0.15) is 0 Å². The quantitative estimate of drug-likeness (QED) is 0.925. The van der Waals surface area contributed by atoms with Crippen molar-refractivity contribution in [3.63, 3.8) is 0 Å². The van der Waals surface area contributed by atoms with Gasteiger partial charge in [-0.05, 0) is 42.9 Å². The molecule has 2 aromatic heterocycles. The molecule has 2 aliphatic rings. The van der Waals surface area contributed by atoms with Crippen molar-refractivity contribution in [3.8, 4) is 5.82 Å². The van der Waals surface area contributed by atoms with Crippen LogP contribution in [0.15, 0.2) is 36.8 Å². The maximum atomic E-state index is 12.9. The summed E-state index contributed by atoms with van der Waals surface area (Å²) in [6.45, 7) is 1.19. The number of carboxylic acid groups (broad SMARTS) is 1. The maximum Gasteiger partial charge on any atom is 0.307 e. The van der Waals surface area contributed by atoms with E-state index in [1.165, 1.54) is 0 Å². The highest BCUT2D eigenvalue weighted by Gasteiger charge is 2.59. The third-order valence-electron chi connectivity index (χ3n) is 5.27. The first-order chi connectivity index (χ1) is 11.6. The van der Waals surface area contributed by atoms with Gasteiger partial charge in [-0.3, -0.25) is 9.59 Å². The Bertz CT molecular complexity index is 779. The van der Waals surface area contributed by atoms with Gasteiger partial charge in [-0.1, -0.05) is 0 Å². The average molecular weight is 326 g/mol. The Morgan fingerprint density at radius 2 is 2.00 bits per heavy atom. The van der Waals surface area contributed by atoms with Crippen molar-refractivity contribution in [1.82, 2.24) is 19.7 Å². The first-order valence-corrected chi connectivity index (χ1v) is 8.08. The van der Waals surface area contributed by atoms with E-state index in [1.807, 2.05) is 0 Å². The van der Waals surface area contributed by atoms with Gasteiger partial charge in [-0.25, -0.2) is 9.67 Å². The molecule has 3 heterocycles. The van der Waals surface area contributed by atoms with E-state index in [-0.39, 0.29) is 17.2 Å². The van der Waals surface area contributed by atoms with E-state index in [9.17, 15) is 9.59 Å². The molecule has 1 aliphatic heterocycles. The number of carbonyl (C=O) groups excluding carboxylic acids is 1. The number of pyridine rings is 1. The van der Waals surface area contributed by atoms with Crippen LogP contribution >= 0.6 is 0 Å².